The molecule has 32 heavy (non-hydrogen) atoms. The highest BCUT2D eigenvalue weighted by Crippen LogP contribution is 2.31. The van der Waals surface area contributed by atoms with Gasteiger partial charge in [-0.15, -0.1) is 24.2 Å². The number of rotatable bonds is 10. The van der Waals surface area contributed by atoms with Gasteiger partial charge in [-0.25, -0.2) is 4.98 Å². The first-order chi connectivity index (χ1) is 15.2. The molecule has 0 atom stereocenters. The topological polar surface area (TPSA) is 54.7 Å². The lowest BCUT2D eigenvalue weighted by Crippen LogP contribution is -2.29. The summed E-state index contributed by atoms with van der Waals surface area (Å²) in [6.45, 7) is 0.488. The van der Waals surface area contributed by atoms with E-state index in [1.54, 1.807) is 18.0 Å². The van der Waals surface area contributed by atoms with Gasteiger partial charge in [0.05, 0.1) is 9.93 Å². The van der Waals surface area contributed by atoms with E-state index in [9.17, 15) is 9.59 Å². The van der Waals surface area contributed by atoms with Gasteiger partial charge in [0.1, 0.15) is 5.65 Å². The molecular formula is C24H26ClN3O2S2. The summed E-state index contributed by atoms with van der Waals surface area (Å²) in [6.07, 6.45) is 10.2. The van der Waals surface area contributed by atoms with Crippen molar-refractivity contribution in [3.63, 3.8) is 0 Å². The standard InChI is InChI=1S/C24H25N3O2S2.ClH/c28-23-20(12-5-4-11-19-9-2-1-3-10-19)31-24(29)27(23)16-6-7-18-30-22-14-8-13-21-25-15-17-26(21)22;/h1-3,8-10,12-15,17H,4-7,11,16,18H2;1H/b20-12+;. The summed E-state index contributed by atoms with van der Waals surface area (Å²) < 4.78 is 2.07. The molecule has 2 amide bonds. The third kappa shape index (κ3) is 6.18. The molecule has 3 heterocycles. The average Bonchev–Trinajstić information content (AvgIpc) is 3.37. The predicted octanol–water partition coefficient (Wildman–Crippen LogP) is 6.23. The molecule has 0 radical (unpaired) electrons. The van der Waals surface area contributed by atoms with Crippen LogP contribution in [0.3, 0.4) is 0 Å². The zero-order valence-electron chi connectivity index (χ0n) is 17.7. The molecule has 168 valence electrons. The van der Waals surface area contributed by atoms with Crippen LogP contribution in [-0.4, -0.2) is 37.7 Å². The molecule has 5 nitrogen and oxygen atoms in total. The maximum absolute atomic E-state index is 12.6. The number of aromatic nitrogens is 2. The number of carbonyl (C=O) groups is 2. The van der Waals surface area contributed by atoms with Crippen LogP contribution in [0, 0.1) is 0 Å². The van der Waals surface area contributed by atoms with E-state index in [4.69, 9.17) is 0 Å². The Morgan fingerprint density at radius 3 is 2.69 bits per heavy atom. The van der Waals surface area contributed by atoms with Crippen molar-refractivity contribution in [1.82, 2.24) is 14.3 Å². The smallest absolute Gasteiger partial charge is 0.293 e. The van der Waals surface area contributed by atoms with Crippen molar-refractivity contribution in [2.75, 3.05) is 12.3 Å². The van der Waals surface area contributed by atoms with Gasteiger partial charge in [-0.1, -0.05) is 42.5 Å². The first-order valence-corrected chi connectivity index (χ1v) is 12.4. The molecule has 4 rings (SSSR count). The molecule has 0 saturated carbocycles. The molecule has 0 unspecified atom stereocenters. The molecular weight excluding hydrogens is 462 g/mol. The van der Waals surface area contributed by atoms with Crippen LogP contribution in [0.4, 0.5) is 4.79 Å². The fourth-order valence-electron chi connectivity index (χ4n) is 3.50. The zero-order chi connectivity index (χ0) is 21.5. The van der Waals surface area contributed by atoms with Gasteiger partial charge in [-0.3, -0.25) is 18.9 Å². The van der Waals surface area contributed by atoms with Gasteiger partial charge in [-0.05, 0) is 67.3 Å². The van der Waals surface area contributed by atoms with E-state index < -0.39 is 0 Å². The van der Waals surface area contributed by atoms with Crippen LogP contribution < -0.4 is 0 Å². The van der Waals surface area contributed by atoms with Crippen molar-refractivity contribution < 1.29 is 9.59 Å². The normalized spacial score (nSPS) is 15.0. The van der Waals surface area contributed by atoms with E-state index in [1.165, 1.54) is 10.5 Å². The molecule has 0 aliphatic carbocycles. The number of carbonyl (C=O) groups excluding carboxylic acids is 2. The molecule has 0 spiro atoms. The summed E-state index contributed by atoms with van der Waals surface area (Å²) in [4.78, 5) is 31.1. The van der Waals surface area contributed by atoms with Crippen molar-refractivity contribution in [3.8, 4) is 0 Å². The van der Waals surface area contributed by atoms with Crippen molar-refractivity contribution in [3.05, 3.63) is 77.5 Å². The minimum Gasteiger partial charge on any atom is -0.294 e. The van der Waals surface area contributed by atoms with E-state index in [2.05, 4.69) is 27.6 Å². The van der Waals surface area contributed by atoms with Gasteiger partial charge in [0.25, 0.3) is 11.1 Å². The van der Waals surface area contributed by atoms with Crippen molar-refractivity contribution in [2.45, 2.75) is 37.1 Å². The number of imidazole rings is 1. The Hall–Kier alpha value is -2.22. The number of thioether (sulfide) groups is 2. The van der Waals surface area contributed by atoms with E-state index in [-0.39, 0.29) is 23.6 Å². The van der Waals surface area contributed by atoms with E-state index in [1.807, 2.05) is 42.6 Å². The third-order valence-corrected chi connectivity index (χ3v) is 7.21. The molecule has 2 aromatic heterocycles. The largest absolute Gasteiger partial charge is 0.294 e. The highest BCUT2D eigenvalue weighted by molar-refractivity contribution is 8.18. The van der Waals surface area contributed by atoms with Crippen LogP contribution in [0.25, 0.3) is 5.65 Å². The molecule has 1 saturated heterocycles. The second kappa shape index (κ2) is 12.1. The molecule has 1 aliphatic heterocycles. The number of amides is 2. The Morgan fingerprint density at radius 1 is 1.00 bits per heavy atom. The minimum atomic E-state index is -0.143. The second-order valence-corrected chi connectivity index (χ2v) is 9.45. The van der Waals surface area contributed by atoms with Gasteiger partial charge in [-0.2, -0.15) is 0 Å². The van der Waals surface area contributed by atoms with Crippen molar-refractivity contribution in [1.29, 1.82) is 0 Å². The SMILES string of the molecule is Cl.O=C1S/C(=C/CCCc2ccccc2)C(=O)N1CCCCSc1cccc2nccn12. The van der Waals surface area contributed by atoms with Gasteiger partial charge >= 0.3 is 0 Å². The number of unbranched alkanes of at least 4 members (excludes halogenated alkanes) is 2. The Bertz CT molecular complexity index is 1090. The monoisotopic (exact) mass is 487 g/mol. The predicted molar refractivity (Wildman–Crippen MR) is 135 cm³/mol. The molecule has 3 aromatic rings. The lowest BCUT2D eigenvalue weighted by Gasteiger charge is -2.12. The molecule has 1 aromatic carbocycles. The number of halogens is 1. The first kappa shape index (κ1) is 24.4. The summed E-state index contributed by atoms with van der Waals surface area (Å²) in [6, 6.07) is 16.4. The van der Waals surface area contributed by atoms with Crippen molar-refractivity contribution >= 4 is 52.7 Å². The van der Waals surface area contributed by atoms with Gasteiger partial charge < -0.3 is 0 Å². The Kier molecular flexibility index (Phi) is 9.26. The molecule has 1 fully saturated rings. The summed E-state index contributed by atoms with van der Waals surface area (Å²) in [5.41, 5.74) is 2.24. The van der Waals surface area contributed by atoms with E-state index in [0.717, 1.165) is 60.3 Å². The lowest BCUT2D eigenvalue weighted by atomic mass is 10.1. The van der Waals surface area contributed by atoms with Crippen molar-refractivity contribution in [2.24, 2.45) is 0 Å². The number of pyridine rings is 1. The molecule has 8 heteroatoms. The lowest BCUT2D eigenvalue weighted by molar-refractivity contribution is -0.122. The highest BCUT2D eigenvalue weighted by atomic mass is 35.5. The minimum absolute atomic E-state index is 0. The number of fused-ring (bicyclic) bond motifs is 1. The van der Waals surface area contributed by atoms with Crippen LogP contribution >= 0.6 is 35.9 Å². The Morgan fingerprint density at radius 2 is 1.84 bits per heavy atom. The number of aryl methyl sites for hydroxylation is 1. The number of nitrogens with zero attached hydrogens (tertiary/aromatic N) is 3. The fraction of sp³-hybridized carbons (Fsp3) is 0.292. The summed E-state index contributed by atoms with van der Waals surface area (Å²) in [5, 5.41) is 1.01. The van der Waals surface area contributed by atoms with Crippen LogP contribution in [0.5, 0.6) is 0 Å². The van der Waals surface area contributed by atoms with Gasteiger partial charge in [0, 0.05) is 18.9 Å². The van der Waals surface area contributed by atoms with Crippen LogP contribution in [0.2, 0.25) is 0 Å². The van der Waals surface area contributed by atoms with E-state index in [0.29, 0.717) is 11.4 Å². The second-order valence-electron chi connectivity index (χ2n) is 7.35. The molecule has 0 bridgehead atoms. The van der Waals surface area contributed by atoms with Crippen LogP contribution in [-0.2, 0) is 11.2 Å². The summed E-state index contributed by atoms with van der Waals surface area (Å²) >= 11 is 2.84. The quantitative estimate of drug-likeness (QED) is 0.193. The highest BCUT2D eigenvalue weighted by Gasteiger charge is 2.34. The third-order valence-electron chi connectivity index (χ3n) is 5.13. The Balaban J connectivity index is 0.00000289. The van der Waals surface area contributed by atoms with E-state index >= 15 is 0 Å². The average molecular weight is 488 g/mol. The van der Waals surface area contributed by atoms with Crippen LogP contribution in [0.1, 0.15) is 31.2 Å². The van der Waals surface area contributed by atoms with Crippen LogP contribution in [0.15, 0.2) is 76.9 Å². The van der Waals surface area contributed by atoms with Gasteiger partial charge in [0.15, 0.2) is 0 Å². The summed E-state index contributed by atoms with van der Waals surface area (Å²) in [7, 11) is 0. The summed E-state index contributed by atoms with van der Waals surface area (Å²) in [5.74, 6) is 0.800. The first-order valence-electron chi connectivity index (χ1n) is 10.5. The fourth-order valence-corrected chi connectivity index (χ4v) is 5.40. The number of hydrogen-bond acceptors (Lipinski definition) is 5. The maximum atomic E-state index is 12.6. The van der Waals surface area contributed by atoms with Gasteiger partial charge in [0.2, 0.25) is 0 Å². The molecule has 0 N–H and O–H groups in total. The zero-order valence-corrected chi connectivity index (χ0v) is 20.1. The number of hydrogen-bond donors (Lipinski definition) is 0. The molecule has 1 aliphatic rings. The number of imide groups is 1. The maximum Gasteiger partial charge on any atom is 0.293 e. The Labute approximate surface area is 203 Å². The number of benzene rings is 1. The number of allylic oxidation sites excluding steroid dienone is 1.